The standard InChI is InChI=1S/C11H15FN2O4S/c1-14(8-7-11(15)18-2)19(16,17)13-10-5-3-9(12)4-6-10/h3-6,13H,7-8H2,1-2H3. The third-order valence-corrected chi connectivity index (χ3v) is 3.86. The maximum atomic E-state index is 12.7. The van der Waals surface area contributed by atoms with Crippen molar-refractivity contribution in [2.75, 3.05) is 25.4 Å². The number of hydrogen-bond donors (Lipinski definition) is 1. The fourth-order valence-electron chi connectivity index (χ4n) is 1.22. The quantitative estimate of drug-likeness (QED) is 0.792. The second kappa shape index (κ2) is 6.48. The second-order valence-electron chi connectivity index (χ2n) is 3.76. The molecule has 0 heterocycles. The summed E-state index contributed by atoms with van der Waals surface area (Å²) in [5.74, 6) is -0.953. The average molecular weight is 290 g/mol. The highest BCUT2D eigenvalue weighted by Gasteiger charge is 2.18. The van der Waals surface area contributed by atoms with E-state index in [0.717, 1.165) is 16.4 Å². The molecule has 0 amide bonds. The minimum Gasteiger partial charge on any atom is -0.469 e. The van der Waals surface area contributed by atoms with Gasteiger partial charge in [0.15, 0.2) is 0 Å². The van der Waals surface area contributed by atoms with E-state index in [1.165, 1.54) is 26.3 Å². The van der Waals surface area contributed by atoms with Crippen molar-refractivity contribution in [2.45, 2.75) is 6.42 Å². The van der Waals surface area contributed by atoms with E-state index in [4.69, 9.17) is 0 Å². The summed E-state index contributed by atoms with van der Waals surface area (Å²) in [6.45, 7) is -0.0107. The van der Waals surface area contributed by atoms with E-state index in [1.807, 2.05) is 0 Å². The molecule has 0 aliphatic heterocycles. The first kappa shape index (κ1) is 15.4. The van der Waals surface area contributed by atoms with Crippen LogP contribution in [0.5, 0.6) is 0 Å². The third kappa shape index (κ3) is 4.84. The number of ether oxygens (including phenoxy) is 1. The van der Waals surface area contributed by atoms with Crippen LogP contribution in [-0.2, 0) is 19.7 Å². The molecular formula is C11H15FN2O4S. The number of carbonyl (C=O) groups excluding carboxylic acids is 1. The summed E-state index contributed by atoms with van der Waals surface area (Å²) in [4.78, 5) is 10.9. The number of hydrogen-bond acceptors (Lipinski definition) is 4. The van der Waals surface area contributed by atoms with Gasteiger partial charge in [-0.15, -0.1) is 0 Å². The van der Waals surface area contributed by atoms with Crippen molar-refractivity contribution in [3.05, 3.63) is 30.1 Å². The molecule has 1 aromatic carbocycles. The van der Waals surface area contributed by atoms with E-state index >= 15 is 0 Å². The molecule has 0 radical (unpaired) electrons. The molecule has 106 valence electrons. The highest BCUT2D eigenvalue weighted by molar-refractivity contribution is 7.90. The smallest absolute Gasteiger partial charge is 0.306 e. The fourth-order valence-corrected chi connectivity index (χ4v) is 2.14. The Morgan fingerprint density at radius 3 is 2.47 bits per heavy atom. The van der Waals surface area contributed by atoms with Crippen LogP contribution in [0.2, 0.25) is 0 Å². The Hall–Kier alpha value is -1.67. The molecule has 6 nitrogen and oxygen atoms in total. The Bertz CT molecular complexity index is 530. The SMILES string of the molecule is COC(=O)CCN(C)S(=O)(=O)Nc1ccc(F)cc1. The Morgan fingerprint density at radius 1 is 1.37 bits per heavy atom. The predicted octanol–water partition coefficient (Wildman–Crippen LogP) is 0.977. The lowest BCUT2D eigenvalue weighted by atomic mass is 10.3. The van der Waals surface area contributed by atoms with Gasteiger partial charge in [-0.3, -0.25) is 9.52 Å². The van der Waals surface area contributed by atoms with E-state index in [2.05, 4.69) is 9.46 Å². The van der Waals surface area contributed by atoms with Gasteiger partial charge in [0.05, 0.1) is 13.5 Å². The number of benzene rings is 1. The minimum absolute atomic E-state index is 0.0107. The number of anilines is 1. The molecule has 0 saturated carbocycles. The van der Waals surface area contributed by atoms with Crippen molar-refractivity contribution in [1.29, 1.82) is 0 Å². The summed E-state index contributed by atoms with van der Waals surface area (Å²) >= 11 is 0. The molecule has 0 aromatic heterocycles. The number of nitrogens with zero attached hydrogens (tertiary/aromatic N) is 1. The normalized spacial score (nSPS) is 11.4. The molecule has 1 N–H and O–H groups in total. The monoisotopic (exact) mass is 290 g/mol. The fraction of sp³-hybridized carbons (Fsp3) is 0.364. The van der Waals surface area contributed by atoms with E-state index < -0.39 is 22.0 Å². The Balaban J connectivity index is 2.64. The average Bonchev–Trinajstić information content (AvgIpc) is 2.37. The highest BCUT2D eigenvalue weighted by Crippen LogP contribution is 2.12. The lowest BCUT2D eigenvalue weighted by molar-refractivity contribution is -0.140. The summed E-state index contributed by atoms with van der Waals surface area (Å²) in [5, 5.41) is 0. The molecule has 0 saturated heterocycles. The molecule has 0 unspecified atom stereocenters. The molecule has 1 aromatic rings. The molecule has 1 rings (SSSR count). The van der Waals surface area contributed by atoms with E-state index in [1.54, 1.807) is 0 Å². The Kier molecular flexibility index (Phi) is 5.25. The number of halogens is 1. The largest absolute Gasteiger partial charge is 0.469 e. The van der Waals surface area contributed by atoms with Crippen LogP contribution in [0.1, 0.15) is 6.42 Å². The number of methoxy groups -OCH3 is 1. The molecule has 0 aliphatic rings. The van der Waals surface area contributed by atoms with Gasteiger partial charge in [0.25, 0.3) is 0 Å². The van der Waals surface area contributed by atoms with E-state index in [9.17, 15) is 17.6 Å². The number of nitrogens with one attached hydrogen (secondary N) is 1. The van der Waals surface area contributed by atoms with Crippen LogP contribution < -0.4 is 4.72 Å². The summed E-state index contributed by atoms with van der Waals surface area (Å²) in [6, 6.07) is 4.90. The van der Waals surface area contributed by atoms with Crippen LogP contribution in [0.4, 0.5) is 10.1 Å². The minimum atomic E-state index is -3.78. The lowest BCUT2D eigenvalue weighted by Crippen LogP contribution is -2.34. The van der Waals surface area contributed by atoms with Crippen molar-refractivity contribution in [2.24, 2.45) is 0 Å². The topological polar surface area (TPSA) is 75.7 Å². The molecular weight excluding hydrogens is 275 g/mol. The zero-order chi connectivity index (χ0) is 14.5. The maximum absolute atomic E-state index is 12.7. The van der Waals surface area contributed by atoms with Crippen LogP contribution in [0, 0.1) is 5.82 Å². The van der Waals surface area contributed by atoms with Crippen molar-refractivity contribution in [1.82, 2.24) is 4.31 Å². The predicted molar refractivity (Wildman–Crippen MR) is 68.2 cm³/mol. The Morgan fingerprint density at radius 2 is 1.95 bits per heavy atom. The van der Waals surface area contributed by atoms with Gasteiger partial charge in [-0.2, -0.15) is 12.7 Å². The van der Waals surface area contributed by atoms with Gasteiger partial charge in [0, 0.05) is 19.3 Å². The molecule has 0 fully saturated rings. The van der Waals surface area contributed by atoms with Crippen molar-refractivity contribution in [3.8, 4) is 0 Å². The van der Waals surface area contributed by atoms with Crippen LogP contribution in [-0.4, -0.2) is 39.4 Å². The summed E-state index contributed by atoms with van der Waals surface area (Å²) < 4.78 is 44.1. The van der Waals surface area contributed by atoms with Crippen LogP contribution in [0.25, 0.3) is 0 Å². The summed E-state index contributed by atoms with van der Waals surface area (Å²) in [6.07, 6.45) is -0.0443. The van der Waals surface area contributed by atoms with Crippen molar-refractivity contribution < 1.29 is 22.3 Å². The number of rotatable bonds is 6. The van der Waals surface area contributed by atoms with Crippen molar-refractivity contribution in [3.63, 3.8) is 0 Å². The summed E-state index contributed by atoms with van der Waals surface area (Å²) in [5.41, 5.74) is 0.242. The Labute approximate surface area is 111 Å². The maximum Gasteiger partial charge on any atom is 0.306 e. The van der Waals surface area contributed by atoms with Gasteiger partial charge >= 0.3 is 16.2 Å². The first-order valence-electron chi connectivity index (χ1n) is 5.41. The van der Waals surface area contributed by atoms with Gasteiger partial charge in [0.1, 0.15) is 5.82 Å². The van der Waals surface area contributed by atoms with Gasteiger partial charge in [-0.1, -0.05) is 0 Å². The van der Waals surface area contributed by atoms with E-state index in [0.29, 0.717) is 0 Å². The number of esters is 1. The zero-order valence-corrected chi connectivity index (χ0v) is 11.4. The second-order valence-corrected chi connectivity index (χ2v) is 5.54. The molecule has 19 heavy (non-hydrogen) atoms. The lowest BCUT2D eigenvalue weighted by Gasteiger charge is -2.17. The zero-order valence-electron chi connectivity index (χ0n) is 10.6. The van der Waals surface area contributed by atoms with Gasteiger partial charge in [0.2, 0.25) is 0 Å². The van der Waals surface area contributed by atoms with Crippen LogP contribution in [0.3, 0.4) is 0 Å². The van der Waals surface area contributed by atoms with E-state index in [-0.39, 0.29) is 18.7 Å². The summed E-state index contributed by atoms with van der Waals surface area (Å²) in [7, 11) is -1.22. The molecule has 8 heteroatoms. The first-order chi connectivity index (χ1) is 8.85. The third-order valence-electron chi connectivity index (χ3n) is 2.36. The van der Waals surface area contributed by atoms with Gasteiger partial charge < -0.3 is 4.74 Å². The van der Waals surface area contributed by atoms with Crippen LogP contribution in [0.15, 0.2) is 24.3 Å². The molecule has 0 atom stereocenters. The molecule has 0 spiro atoms. The van der Waals surface area contributed by atoms with Crippen LogP contribution >= 0.6 is 0 Å². The number of carbonyl (C=O) groups is 1. The highest BCUT2D eigenvalue weighted by atomic mass is 32.2. The van der Waals surface area contributed by atoms with Gasteiger partial charge in [-0.05, 0) is 24.3 Å². The molecule has 0 aliphatic carbocycles. The van der Waals surface area contributed by atoms with Gasteiger partial charge in [-0.25, -0.2) is 4.39 Å². The van der Waals surface area contributed by atoms with Crippen molar-refractivity contribution >= 4 is 21.9 Å². The first-order valence-corrected chi connectivity index (χ1v) is 6.85. The molecule has 0 bridgehead atoms.